The monoisotopic (exact) mass is 577 g/mol. The molecule has 8 nitrogen and oxygen atoms in total. The maximum absolute atomic E-state index is 13.4. The molecule has 0 radical (unpaired) electrons. The van der Waals surface area contributed by atoms with Crippen molar-refractivity contribution in [2.45, 2.75) is 57.5 Å². The zero-order valence-electron chi connectivity index (χ0n) is 24.6. The van der Waals surface area contributed by atoms with Crippen molar-refractivity contribution in [3.05, 3.63) is 95.3 Å². The van der Waals surface area contributed by atoms with Gasteiger partial charge in [-0.1, -0.05) is 68.0 Å². The van der Waals surface area contributed by atoms with E-state index >= 15 is 0 Å². The second-order valence-electron chi connectivity index (χ2n) is 11.0. The lowest BCUT2D eigenvalue weighted by atomic mass is 10.1. The molecule has 2 atom stereocenters. The second kappa shape index (κ2) is 14.6. The summed E-state index contributed by atoms with van der Waals surface area (Å²) < 4.78 is 0. The summed E-state index contributed by atoms with van der Waals surface area (Å²) in [4.78, 5) is 45.0. The van der Waals surface area contributed by atoms with Crippen molar-refractivity contribution < 1.29 is 14.4 Å². The van der Waals surface area contributed by atoms with E-state index in [0.29, 0.717) is 24.3 Å². The fraction of sp³-hybridized carbons (Fsp3) is 0.314. The first-order valence-corrected chi connectivity index (χ1v) is 15.2. The average Bonchev–Trinajstić information content (AvgIpc) is 3.75. The zero-order chi connectivity index (χ0) is 30.0. The number of unbranched alkanes of at least 4 members (excludes halogenated alkanes) is 1. The predicted molar refractivity (Wildman–Crippen MR) is 172 cm³/mol. The van der Waals surface area contributed by atoms with Crippen molar-refractivity contribution in [3.63, 3.8) is 0 Å². The van der Waals surface area contributed by atoms with E-state index in [1.807, 2.05) is 85.0 Å². The van der Waals surface area contributed by atoms with Gasteiger partial charge in [0.25, 0.3) is 5.91 Å². The molecule has 222 valence electrons. The number of carbonyl (C=O) groups is 3. The van der Waals surface area contributed by atoms with Crippen LogP contribution >= 0.6 is 0 Å². The standard InChI is InChI=1S/C35H39N5O3/c1-2-3-4-8-27-9-5-23-37-32(27)35(43)40-24-7-11-31(40)34(42)39-29-20-16-26(17-21-29)13-12-25-14-18-28(19-15-25)38-33(41)30-10-6-22-36-30/h4-5,8-9,12-21,23,30-31,36H,2-3,6-7,10-11,22,24H2,1H3,(H,38,41)(H,39,42)/b8-4+,13-12+/t30-,31-/m0/s1. The molecule has 3 aromatic rings. The number of aromatic nitrogens is 1. The fourth-order valence-corrected chi connectivity index (χ4v) is 5.44. The molecule has 0 spiro atoms. The molecule has 2 aliphatic rings. The van der Waals surface area contributed by atoms with E-state index in [2.05, 4.69) is 27.9 Å². The number of likely N-dealkylation sites (tertiary alicyclic amines) is 1. The Balaban J connectivity index is 1.16. The normalized spacial score (nSPS) is 18.4. The number of nitrogens with one attached hydrogen (secondary N) is 3. The Morgan fingerprint density at radius 1 is 0.884 bits per heavy atom. The topological polar surface area (TPSA) is 103 Å². The number of nitrogens with zero attached hydrogens (tertiary/aromatic N) is 2. The molecular weight excluding hydrogens is 538 g/mol. The smallest absolute Gasteiger partial charge is 0.273 e. The van der Waals surface area contributed by atoms with Gasteiger partial charge in [0, 0.05) is 29.7 Å². The molecule has 0 saturated carbocycles. The van der Waals surface area contributed by atoms with Crippen LogP contribution in [-0.4, -0.2) is 52.8 Å². The number of anilines is 2. The van der Waals surface area contributed by atoms with E-state index in [1.165, 1.54) is 0 Å². The molecule has 0 unspecified atom stereocenters. The summed E-state index contributed by atoms with van der Waals surface area (Å²) in [5, 5.41) is 9.17. The van der Waals surface area contributed by atoms with E-state index < -0.39 is 6.04 Å². The molecule has 2 saturated heterocycles. The fourth-order valence-electron chi connectivity index (χ4n) is 5.44. The van der Waals surface area contributed by atoms with Crippen molar-refractivity contribution in [2.75, 3.05) is 23.7 Å². The molecule has 0 aliphatic carbocycles. The van der Waals surface area contributed by atoms with Gasteiger partial charge < -0.3 is 20.9 Å². The number of amides is 3. The first-order chi connectivity index (χ1) is 21.0. The molecule has 43 heavy (non-hydrogen) atoms. The second-order valence-corrected chi connectivity index (χ2v) is 11.0. The predicted octanol–water partition coefficient (Wildman–Crippen LogP) is 6.00. The molecule has 8 heteroatoms. The van der Waals surface area contributed by atoms with Crippen LogP contribution in [0.15, 0.2) is 72.9 Å². The number of benzene rings is 2. The SMILES string of the molecule is CCC/C=C/c1cccnc1C(=O)N1CCC[C@H]1C(=O)Nc1ccc(/C=C/c2ccc(NC(=O)[C@@H]3CCCN3)cc2)cc1. The molecule has 1 aromatic heterocycles. The lowest BCUT2D eigenvalue weighted by Crippen LogP contribution is -2.43. The highest BCUT2D eigenvalue weighted by molar-refractivity contribution is 6.02. The van der Waals surface area contributed by atoms with Crippen LogP contribution in [0.1, 0.15) is 72.6 Å². The number of rotatable bonds is 10. The summed E-state index contributed by atoms with van der Waals surface area (Å²) in [6, 6.07) is 18.4. The van der Waals surface area contributed by atoms with Crippen LogP contribution in [0, 0.1) is 0 Å². The summed E-state index contributed by atoms with van der Waals surface area (Å²) in [6.45, 7) is 3.53. The van der Waals surface area contributed by atoms with Gasteiger partial charge in [0.15, 0.2) is 0 Å². The maximum Gasteiger partial charge on any atom is 0.273 e. The highest BCUT2D eigenvalue weighted by Gasteiger charge is 2.35. The van der Waals surface area contributed by atoms with Gasteiger partial charge >= 0.3 is 0 Å². The van der Waals surface area contributed by atoms with E-state index in [0.717, 1.165) is 61.0 Å². The Morgan fingerprint density at radius 2 is 1.56 bits per heavy atom. The summed E-state index contributed by atoms with van der Waals surface area (Å²) >= 11 is 0. The van der Waals surface area contributed by atoms with Gasteiger partial charge in [-0.05, 0) is 80.1 Å². The largest absolute Gasteiger partial charge is 0.325 e. The number of allylic oxidation sites excluding steroid dienone is 1. The molecule has 2 fully saturated rings. The van der Waals surface area contributed by atoms with Gasteiger partial charge in [0.05, 0.1) is 6.04 Å². The van der Waals surface area contributed by atoms with Gasteiger partial charge in [0.2, 0.25) is 11.8 Å². The number of pyridine rings is 1. The van der Waals surface area contributed by atoms with E-state index in [-0.39, 0.29) is 23.8 Å². The molecule has 3 heterocycles. The third-order valence-corrected chi connectivity index (χ3v) is 7.81. The first-order valence-electron chi connectivity index (χ1n) is 15.2. The quantitative estimate of drug-likeness (QED) is 0.257. The van der Waals surface area contributed by atoms with Gasteiger partial charge in [-0.15, -0.1) is 0 Å². The van der Waals surface area contributed by atoms with Crippen LogP contribution in [0.4, 0.5) is 11.4 Å². The summed E-state index contributed by atoms with van der Waals surface area (Å²) in [6.07, 6.45) is 14.9. The molecule has 2 aliphatic heterocycles. The minimum atomic E-state index is -0.538. The third kappa shape index (κ3) is 7.84. The van der Waals surface area contributed by atoms with E-state index in [4.69, 9.17) is 0 Å². The van der Waals surface area contributed by atoms with Crippen LogP contribution in [-0.2, 0) is 9.59 Å². The number of hydrogen-bond donors (Lipinski definition) is 3. The number of hydrogen-bond acceptors (Lipinski definition) is 5. The van der Waals surface area contributed by atoms with Gasteiger partial charge in [-0.3, -0.25) is 19.4 Å². The Hall–Kier alpha value is -4.56. The molecular formula is C35H39N5O3. The Morgan fingerprint density at radius 3 is 2.19 bits per heavy atom. The van der Waals surface area contributed by atoms with Crippen LogP contribution < -0.4 is 16.0 Å². The van der Waals surface area contributed by atoms with Gasteiger partial charge in [-0.25, -0.2) is 0 Å². The van der Waals surface area contributed by atoms with Crippen LogP contribution in [0.25, 0.3) is 18.2 Å². The lowest BCUT2D eigenvalue weighted by Gasteiger charge is -2.24. The molecule has 5 rings (SSSR count). The van der Waals surface area contributed by atoms with Crippen LogP contribution in [0.5, 0.6) is 0 Å². The van der Waals surface area contributed by atoms with Crippen molar-refractivity contribution in [1.29, 1.82) is 0 Å². The van der Waals surface area contributed by atoms with Crippen LogP contribution in [0.2, 0.25) is 0 Å². The van der Waals surface area contributed by atoms with Gasteiger partial charge in [-0.2, -0.15) is 0 Å². The number of carbonyl (C=O) groups excluding carboxylic acids is 3. The Bertz CT molecular complexity index is 1470. The average molecular weight is 578 g/mol. The van der Waals surface area contributed by atoms with Crippen molar-refractivity contribution in [3.8, 4) is 0 Å². The Kier molecular flexibility index (Phi) is 10.1. The maximum atomic E-state index is 13.4. The molecule has 0 bridgehead atoms. The summed E-state index contributed by atoms with van der Waals surface area (Å²) in [5.41, 5.74) is 4.61. The van der Waals surface area contributed by atoms with Crippen molar-refractivity contribution in [2.24, 2.45) is 0 Å². The van der Waals surface area contributed by atoms with Crippen molar-refractivity contribution >= 4 is 47.3 Å². The highest BCUT2D eigenvalue weighted by atomic mass is 16.2. The van der Waals surface area contributed by atoms with Crippen LogP contribution in [0.3, 0.4) is 0 Å². The molecule has 3 N–H and O–H groups in total. The minimum absolute atomic E-state index is 0.0118. The summed E-state index contributed by atoms with van der Waals surface area (Å²) in [7, 11) is 0. The first kappa shape index (κ1) is 29.9. The van der Waals surface area contributed by atoms with Crippen molar-refractivity contribution in [1.82, 2.24) is 15.2 Å². The highest BCUT2D eigenvalue weighted by Crippen LogP contribution is 2.23. The summed E-state index contributed by atoms with van der Waals surface area (Å²) in [5.74, 6) is -0.391. The minimum Gasteiger partial charge on any atom is -0.325 e. The van der Waals surface area contributed by atoms with E-state index in [9.17, 15) is 14.4 Å². The Labute approximate surface area is 253 Å². The van der Waals surface area contributed by atoms with E-state index in [1.54, 1.807) is 11.1 Å². The molecule has 2 aromatic carbocycles. The zero-order valence-corrected chi connectivity index (χ0v) is 24.6. The lowest BCUT2D eigenvalue weighted by molar-refractivity contribution is -0.120. The van der Waals surface area contributed by atoms with Gasteiger partial charge in [0.1, 0.15) is 11.7 Å². The third-order valence-electron chi connectivity index (χ3n) is 7.81. The molecule has 3 amide bonds.